The van der Waals surface area contributed by atoms with Gasteiger partial charge in [0.15, 0.2) is 0 Å². The zero-order valence-corrected chi connectivity index (χ0v) is 10.4. The molecular weight excluding hydrogens is 210 g/mol. The maximum absolute atomic E-state index is 5.15. The fraction of sp³-hybridized carbons (Fsp3) is 0.200. The van der Waals surface area contributed by atoms with Crippen LogP contribution in [0, 0.1) is 6.07 Å². The molecule has 0 unspecified atom stereocenters. The van der Waals surface area contributed by atoms with E-state index in [1.807, 2.05) is 50.5 Å². The van der Waals surface area contributed by atoms with Crippen LogP contribution in [0.25, 0.3) is 11.1 Å². The molecule has 0 aliphatic carbocycles. The smallest absolute Gasteiger partial charge is 0.118 e. The predicted octanol–water partition coefficient (Wildman–Crippen LogP) is 3.23. The summed E-state index contributed by atoms with van der Waals surface area (Å²) < 4.78 is 5.15. The molecule has 87 valence electrons. The SMILES string of the molecule is COc1ccc(-c2[c]ccc(N(C)C)c2)cc1. The van der Waals surface area contributed by atoms with Crippen LogP contribution in [-0.4, -0.2) is 21.2 Å². The second kappa shape index (κ2) is 4.91. The third-order valence-electron chi connectivity index (χ3n) is 2.70. The Kier molecular flexibility index (Phi) is 3.33. The van der Waals surface area contributed by atoms with Crippen LogP contribution in [0.3, 0.4) is 0 Å². The topological polar surface area (TPSA) is 12.5 Å². The van der Waals surface area contributed by atoms with E-state index < -0.39 is 0 Å². The van der Waals surface area contributed by atoms with Crippen LogP contribution in [0.4, 0.5) is 5.69 Å². The van der Waals surface area contributed by atoms with Crippen molar-refractivity contribution in [3.8, 4) is 16.9 Å². The van der Waals surface area contributed by atoms with Gasteiger partial charge >= 0.3 is 0 Å². The number of rotatable bonds is 3. The highest BCUT2D eigenvalue weighted by Gasteiger charge is 2.01. The Labute approximate surface area is 102 Å². The number of ether oxygens (including phenoxy) is 1. The van der Waals surface area contributed by atoms with E-state index in [0.29, 0.717) is 0 Å². The van der Waals surface area contributed by atoms with Crippen LogP contribution < -0.4 is 9.64 Å². The molecule has 2 aromatic rings. The lowest BCUT2D eigenvalue weighted by atomic mass is 10.0. The fourth-order valence-electron chi connectivity index (χ4n) is 1.67. The molecule has 2 heteroatoms. The van der Waals surface area contributed by atoms with E-state index in [9.17, 15) is 0 Å². The summed E-state index contributed by atoms with van der Waals surface area (Å²) >= 11 is 0. The molecular formula is C15H16NO. The van der Waals surface area contributed by atoms with Gasteiger partial charge in [0.25, 0.3) is 0 Å². The first-order valence-corrected chi connectivity index (χ1v) is 5.54. The number of methoxy groups -OCH3 is 1. The summed E-state index contributed by atoms with van der Waals surface area (Å²) in [6.07, 6.45) is 0. The molecule has 0 aliphatic rings. The van der Waals surface area contributed by atoms with Gasteiger partial charge in [-0.05, 0) is 41.5 Å². The van der Waals surface area contributed by atoms with Gasteiger partial charge in [-0.25, -0.2) is 0 Å². The van der Waals surface area contributed by atoms with Gasteiger partial charge in [0.2, 0.25) is 0 Å². The van der Waals surface area contributed by atoms with Gasteiger partial charge in [-0.1, -0.05) is 18.2 Å². The fourth-order valence-corrected chi connectivity index (χ4v) is 1.67. The minimum Gasteiger partial charge on any atom is -0.497 e. The van der Waals surface area contributed by atoms with Gasteiger partial charge in [0.05, 0.1) is 7.11 Å². The summed E-state index contributed by atoms with van der Waals surface area (Å²) in [4.78, 5) is 2.08. The van der Waals surface area contributed by atoms with Gasteiger partial charge < -0.3 is 9.64 Å². The van der Waals surface area contributed by atoms with E-state index in [1.165, 1.54) is 5.69 Å². The van der Waals surface area contributed by atoms with Crippen molar-refractivity contribution in [3.63, 3.8) is 0 Å². The largest absolute Gasteiger partial charge is 0.497 e. The molecule has 0 saturated carbocycles. The van der Waals surface area contributed by atoms with Crippen molar-refractivity contribution in [1.29, 1.82) is 0 Å². The highest BCUT2D eigenvalue weighted by atomic mass is 16.5. The molecule has 0 saturated heterocycles. The third kappa shape index (κ3) is 2.59. The Hall–Kier alpha value is -1.96. The number of hydrogen-bond donors (Lipinski definition) is 0. The van der Waals surface area contributed by atoms with E-state index in [2.05, 4.69) is 17.0 Å². The first-order valence-electron chi connectivity index (χ1n) is 5.54. The number of nitrogens with zero attached hydrogens (tertiary/aromatic N) is 1. The van der Waals surface area contributed by atoms with Gasteiger partial charge in [-0.3, -0.25) is 0 Å². The molecule has 17 heavy (non-hydrogen) atoms. The maximum atomic E-state index is 5.15. The molecule has 2 aromatic carbocycles. The maximum Gasteiger partial charge on any atom is 0.118 e. The van der Waals surface area contributed by atoms with Crippen molar-refractivity contribution in [2.45, 2.75) is 0 Å². The molecule has 0 spiro atoms. The molecule has 0 N–H and O–H groups in total. The highest BCUT2D eigenvalue weighted by Crippen LogP contribution is 2.25. The second-order valence-corrected chi connectivity index (χ2v) is 4.08. The van der Waals surface area contributed by atoms with Gasteiger partial charge in [0.1, 0.15) is 5.75 Å². The normalized spacial score (nSPS) is 10.1. The molecule has 0 amide bonds. The Morgan fingerprint density at radius 2 is 1.76 bits per heavy atom. The van der Waals surface area contributed by atoms with Crippen molar-refractivity contribution in [2.24, 2.45) is 0 Å². The standard InChI is InChI=1S/C15H16NO/c1-16(2)14-6-4-5-13(11-14)12-7-9-15(17-3)10-8-12/h4,6-11H,1-3H3. The lowest BCUT2D eigenvalue weighted by Gasteiger charge is -2.13. The minimum absolute atomic E-state index is 0.873. The molecule has 0 heterocycles. The molecule has 2 nitrogen and oxygen atoms in total. The lowest BCUT2D eigenvalue weighted by molar-refractivity contribution is 0.415. The number of benzene rings is 2. The Morgan fingerprint density at radius 3 is 2.35 bits per heavy atom. The van der Waals surface area contributed by atoms with Crippen LogP contribution in [-0.2, 0) is 0 Å². The van der Waals surface area contributed by atoms with E-state index >= 15 is 0 Å². The monoisotopic (exact) mass is 226 g/mol. The summed E-state index contributed by atoms with van der Waals surface area (Å²) in [5.74, 6) is 0.873. The van der Waals surface area contributed by atoms with Crippen LogP contribution in [0.5, 0.6) is 5.75 Å². The van der Waals surface area contributed by atoms with Crippen molar-refractivity contribution in [1.82, 2.24) is 0 Å². The zero-order valence-electron chi connectivity index (χ0n) is 10.4. The Balaban J connectivity index is 2.35. The molecule has 0 fully saturated rings. The number of hydrogen-bond acceptors (Lipinski definition) is 2. The van der Waals surface area contributed by atoms with Gasteiger partial charge in [0, 0.05) is 19.8 Å². The number of anilines is 1. The lowest BCUT2D eigenvalue weighted by Crippen LogP contribution is -2.08. The van der Waals surface area contributed by atoms with E-state index in [-0.39, 0.29) is 0 Å². The average Bonchev–Trinajstić information content (AvgIpc) is 2.39. The second-order valence-electron chi connectivity index (χ2n) is 4.08. The summed E-state index contributed by atoms with van der Waals surface area (Å²) in [5.41, 5.74) is 3.42. The molecule has 0 aliphatic heterocycles. The Bertz CT molecular complexity index is 489. The van der Waals surface area contributed by atoms with E-state index in [0.717, 1.165) is 16.9 Å². The molecule has 0 atom stereocenters. The summed E-state index contributed by atoms with van der Waals surface area (Å²) in [7, 11) is 5.74. The molecule has 1 radical (unpaired) electrons. The van der Waals surface area contributed by atoms with E-state index in [1.54, 1.807) is 7.11 Å². The highest BCUT2D eigenvalue weighted by molar-refractivity contribution is 5.68. The van der Waals surface area contributed by atoms with Crippen molar-refractivity contribution in [2.75, 3.05) is 26.1 Å². The third-order valence-corrected chi connectivity index (χ3v) is 2.70. The minimum atomic E-state index is 0.873. The van der Waals surface area contributed by atoms with Crippen LogP contribution >= 0.6 is 0 Å². The van der Waals surface area contributed by atoms with Gasteiger partial charge in [-0.15, -0.1) is 0 Å². The van der Waals surface area contributed by atoms with Crippen molar-refractivity contribution in [3.05, 3.63) is 48.5 Å². The van der Waals surface area contributed by atoms with Crippen molar-refractivity contribution >= 4 is 5.69 Å². The molecule has 0 bridgehead atoms. The van der Waals surface area contributed by atoms with Crippen LogP contribution in [0.15, 0.2) is 42.5 Å². The summed E-state index contributed by atoms with van der Waals surface area (Å²) in [6, 6.07) is 17.4. The Morgan fingerprint density at radius 1 is 1.06 bits per heavy atom. The van der Waals surface area contributed by atoms with Crippen LogP contribution in [0.1, 0.15) is 0 Å². The molecule has 2 rings (SSSR count). The van der Waals surface area contributed by atoms with E-state index in [4.69, 9.17) is 4.74 Å². The van der Waals surface area contributed by atoms with Crippen LogP contribution in [0.2, 0.25) is 0 Å². The predicted molar refractivity (Wildman–Crippen MR) is 71.6 cm³/mol. The summed E-state index contributed by atoms with van der Waals surface area (Å²) in [5, 5.41) is 0. The van der Waals surface area contributed by atoms with Gasteiger partial charge in [-0.2, -0.15) is 0 Å². The molecule has 0 aromatic heterocycles. The first kappa shape index (κ1) is 11.5. The quantitative estimate of drug-likeness (QED) is 0.796. The first-order chi connectivity index (χ1) is 8.20. The zero-order chi connectivity index (χ0) is 12.3. The average molecular weight is 226 g/mol. The van der Waals surface area contributed by atoms with Crippen molar-refractivity contribution < 1.29 is 4.74 Å². The summed E-state index contributed by atoms with van der Waals surface area (Å²) in [6.45, 7) is 0.